The molecule has 0 radical (unpaired) electrons. The number of hydrogen-bond donors (Lipinski definition) is 1. The topological polar surface area (TPSA) is 29.5 Å². The van der Waals surface area contributed by atoms with Gasteiger partial charge in [0.1, 0.15) is 5.75 Å². The predicted molar refractivity (Wildman–Crippen MR) is 71.4 cm³/mol. The maximum atomic E-state index is 9.67. The second kappa shape index (κ2) is 5.54. The van der Waals surface area contributed by atoms with Crippen LogP contribution < -0.4 is 4.74 Å². The van der Waals surface area contributed by atoms with Crippen LogP contribution in [0.5, 0.6) is 5.75 Å². The Bertz CT molecular complexity index is 362. The van der Waals surface area contributed by atoms with Crippen LogP contribution in [0.1, 0.15) is 51.3 Å². The summed E-state index contributed by atoms with van der Waals surface area (Å²) >= 11 is 0. The Morgan fingerprint density at radius 1 is 1.29 bits per heavy atom. The Kier molecular flexibility index (Phi) is 4.58. The zero-order valence-corrected chi connectivity index (χ0v) is 11.6. The van der Waals surface area contributed by atoms with Gasteiger partial charge in [0.15, 0.2) is 0 Å². The van der Waals surface area contributed by atoms with E-state index >= 15 is 0 Å². The molecule has 0 heterocycles. The maximum Gasteiger partial charge on any atom is 0.125 e. The first kappa shape index (κ1) is 14.0. The molecule has 0 bridgehead atoms. The van der Waals surface area contributed by atoms with E-state index in [1.165, 1.54) is 0 Å². The van der Waals surface area contributed by atoms with Crippen molar-refractivity contribution in [2.45, 2.75) is 47.1 Å². The molecule has 2 nitrogen and oxygen atoms in total. The molecule has 0 aliphatic rings. The summed E-state index contributed by atoms with van der Waals surface area (Å²) in [5.74, 6) is 0.809. The SMILES string of the molecule is Cc1ccc([C@H](C)O)c(OCCC(C)(C)C)c1. The van der Waals surface area contributed by atoms with Crippen molar-refractivity contribution >= 4 is 0 Å². The highest BCUT2D eigenvalue weighted by atomic mass is 16.5. The number of aliphatic hydroxyl groups excluding tert-OH is 1. The van der Waals surface area contributed by atoms with E-state index in [4.69, 9.17) is 4.74 Å². The average molecular weight is 236 g/mol. The third kappa shape index (κ3) is 4.78. The van der Waals surface area contributed by atoms with Crippen molar-refractivity contribution in [1.82, 2.24) is 0 Å². The maximum absolute atomic E-state index is 9.67. The molecule has 0 spiro atoms. The van der Waals surface area contributed by atoms with Gasteiger partial charge in [-0.05, 0) is 37.3 Å². The van der Waals surface area contributed by atoms with Crippen LogP contribution in [0.2, 0.25) is 0 Å². The van der Waals surface area contributed by atoms with Crippen molar-refractivity contribution in [3.05, 3.63) is 29.3 Å². The van der Waals surface area contributed by atoms with Gasteiger partial charge in [0.25, 0.3) is 0 Å². The van der Waals surface area contributed by atoms with E-state index in [-0.39, 0.29) is 5.41 Å². The van der Waals surface area contributed by atoms with Crippen molar-refractivity contribution in [2.75, 3.05) is 6.61 Å². The fraction of sp³-hybridized carbons (Fsp3) is 0.600. The second-order valence-electron chi connectivity index (χ2n) is 5.88. The van der Waals surface area contributed by atoms with Gasteiger partial charge in [0, 0.05) is 5.56 Å². The monoisotopic (exact) mass is 236 g/mol. The number of hydrogen-bond acceptors (Lipinski definition) is 2. The number of aryl methyl sites for hydroxylation is 1. The fourth-order valence-corrected chi connectivity index (χ4v) is 1.58. The molecule has 0 aliphatic carbocycles. The Labute approximate surface area is 105 Å². The van der Waals surface area contributed by atoms with E-state index in [1.807, 2.05) is 25.1 Å². The minimum absolute atomic E-state index is 0.273. The predicted octanol–water partition coefficient (Wildman–Crippen LogP) is 3.86. The molecule has 1 N–H and O–H groups in total. The van der Waals surface area contributed by atoms with Gasteiger partial charge >= 0.3 is 0 Å². The lowest BCUT2D eigenvalue weighted by Gasteiger charge is -2.20. The molecule has 0 fully saturated rings. The first-order valence-corrected chi connectivity index (χ1v) is 6.21. The molecule has 96 valence electrons. The third-order valence-corrected chi connectivity index (χ3v) is 2.73. The van der Waals surface area contributed by atoms with Crippen molar-refractivity contribution < 1.29 is 9.84 Å². The number of aliphatic hydroxyl groups is 1. The van der Waals surface area contributed by atoms with E-state index in [1.54, 1.807) is 6.92 Å². The summed E-state index contributed by atoms with van der Waals surface area (Å²) in [4.78, 5) is 0. The molecule has 1 rings (SSSR count). The fourth-order valence-electron chi connectivity index (χ4n) is 1.58. The van der Waals surface area contributed by atoms with Gasteiger partial charge < -0.3 is 9.84 Å². The Balaban J connectivity index is 2.72. The normalized spacial score (nSPS) is 13.5. The quantitative estimate of drug-likeness (QED) is 0.860. The molecule has 0 aromatic heterocycles. The van der Waals surface area contributed by atoms with E-state index in [9.17, 15) is 5.11 Å². The highest BCUT2D eigenvalue weighted by Gasteiger charge is 2.12. The van der Waals surface area contributed by atoms with Crippen LogP contribution in [-0.2, 0) is 0 Å². The van der Waals surface area contributed by atoms with Crippen LogP contribution in [0.25, 0.3) is 0 Å². The summed E-state index contributed by atoms with van der Waals surface area (Å²) < 4.78 is 5.80. The van der Waals surface area contributed by atoms with Gasteiger partial charge in [0.2, 0.25) is 0 Å². The van der Waals surface area contributed by atoms with Gasteiger partial charge in [-0.3, -0.25) is 0 Å². The lowest BCUT2D eigenvalue weighted by molar-refractivity contribution is 0.186. The Morgan fingerprint density at radius 3 is 2.47 bits per heavy atom. The van der Waals surface area contributed by atoms with Crippen LogP contribution in [-0.4, -0.2) is 11.7 Å². The molecule has 0 saturated heterocycles. The Hall–Kier alpha value is -1.02. The third-order valence-electron chi connectivity index (χ3n) is 2.73. The number of benzene rings is 1. The average Bonchev–Trinajstić information content (AvgIpc) is 2.15. The van der Waals surface area contributed by atoms with E-state index in [0.29, 0.717) is 6.61 Å². The highest BCUT2D eigenvalue weighted by molar-refractivity contribution is 5.38. The van der Waals surface area contributed by atoms with Gasteiger partial charge in [-0.1, -0.05) is 32.9 Å². The van der Waals surface area contributed by atoms with E-state index in [2.05, 4.69) is 20.8 Å². The summed E-state index contributed by atoms with van der Waals surface area (Å²) in [6.07, 6.45) is 0.514. The molecule has 1 aromatic carbocycles. The van der Waals surface area contributed by atoms with Gasteiger partial charge in [-0.15, -0.1) is 0 Å². The lowest BCUT2D eigenvalue weighted by atomic mass is 9.93. The number of rotatable bonds is 4. The molecule has 0 aliphatic heterocycles. The highest BCUT2D eigenvalue weighted by Crippen LogP contribution is 2.27. The molecular formula is C15H24O2. The molecule has 17 heavy (non-hydrogen) atoms. The molecule has 0 amide bonds. The zero-order valence-electron chi connectivity index (χ0n) is 11.6. The molecule has 0 saturated carbocycles. The zero-order chi connectivity index (χ0) is 13.1. The smallest absolute Gasteiger partial charge is 0.125 e. The molecule has 0 unspecified atom stereocenters. The first-order chi connectivity index (χ1) is 7.79. The lowest BCUT2D eigenvalue weighted by Crippen LogP contribution is -2.12. The van der Waals surface area contributed by atoms with Gasteiger partial charge in [-0.25, -0.2) is 0 Å². The Morgan fingerprint density at radius 2 is 1.94 bits per heavy atom. The standard InChI is InChI=1S/C15H24O2/c1-11-6-7-13(12(2)16)14(10-11)17-9-8-15(3,4)5/h6-7,10,12,16H,8-9H2,1-5H3/t12-/m0/s1. The van der Waals surface area contributed by atoms with Gasteiger partial charge in [0.05, 0.1) is 12.7 Å². The molecule has 1 aromatic rings. The van der Waals surface area contributed by atoms with Crippen molar-refractivity contribution in [3.8, 4) is 5.75 Å². The van der Waals surface area contributed by atoms with Crippen LogP contribution in [0.3, 0.4) is 0 Å². The summed E-state index contributed by atoms with van der Waals surface area (Å²) in [5.41, 5.74) is 2.29. The van der Waals surface area contributed by atoms with Crippen LogP contribution in [0.4, 0.5) is 0 Å². The molecule has 1 atom stereocenters. The summed E-state index contributed by atoms with van der Waals surface area (Å²) in [6, 6.07) is 5.93. The largest absolute Gasteiger partial charge is 0.493 e. The van der Waals surface area contributed by atoms with Gasteiger partial charge in [-0.2, -0.15) is 0 Å². The summed E-state index contributed by atoms with van der Waals surface area (Å²) in [5, 5.41) is 9.67. The van der Waals surface area contributed by atoms with Crippen LogP contribution in [0, 0.1) is 12.3 Å². The minimum atomic E-state index is -0.486. The van der Waals surface area contributed by atoms with E-state index < -0.39 is 6.10 Å². The summed E-state index contributed by atoms with van der Waals surface area (Å²) in [7, 11) is 0. The van der Waals surface area contributed by atoms with Crippen molar-refractivity contribution in [3.63, 3.8) is 0 Å². The van der Waals surface area contributed by atoms with Crippen LogP contribution >= 0.6 is 0 Å². The minimum Gasteiger partial charge on any atom is -0.493 e. The molecule has 2 heteroatoms. The summed E-state index contributed by atoms with van der Waals surface area (Å²) in [6.45, 7) is 11.1. The van der Waals surface area contributed by atoms with Crippen LogP contribution in [0.15, 0.2) is 18.2 Å². The first-order valence-electron chi connectivity index (χ1n) is 6.21. The number of ether oxygens (including phenoxy) is 1. The van der Waals surface area contributed by atoms with Crippen molar-refractivity contribution in [2.24, 2.45) is 5.41 Å². The van der Waals surface area contributed by atoms with E-state index in [0.717, 1.165) is 23.3 Å². The van der Waals surface area contributed by atoms with Crippen molar-refractivity contribution in [1.29, 1.82) is 0 Å². The molecular weight excluding hydrogens is 212 g/mol. The second-order valence-corrected chi connectivity index (χ2v) is 5.88.